The third kappa shape index (κ3) is 3.99. The normalized spacial score (nSPS) is 16.2. The van der Waals surface area contributed by atoms with E-state index >= 15 is 0 Å². The molecule has 3 heterocycles. The Bertz CT molecular complexity index is 1240. The lowest BCUT2D eigenvalue weighted by Gasteiger charge is -2.33. The first-order valence-electron chi connectivity index (χ1n) is 10.7. The average Bonchev–Trinajstić information content (AvgIpc) is 3.28. The number of fused-ring (bicyclic) bond motifs is 1. The molecule has 1 fully saturated rings. The average molecular weight is 428 g/mol. The maximum absolute atomic E-state index is 12.7. The van der Waals surface area contributed by atoms with Crippen molar-refractivity contribution in [3.8, 4) is 17.1 Å². The Morgan fingerprint density at radius 3 is 2.78 bits per heavy atom. The van der Waals surface area contributed by atoms with Crippen molar-refractivity contribution in [2.75, 3.05) is 25.1 Å². The maximum Gasteiger partial charge on any atom is 0.251 e. The SMILES string of the molecule is COc1cccc(C(=O)NC2CCCN(c3ccc4nnc(-c5ccccc5)n4n3)C2)c1. The summed E-state index contributed by atoms with van der Waals surface area (Å²) in [7, 11) is 1.60. The van der Waals surface area contributed by atoms with Crippen LogP contribution in [0, 0.1) is 0 Å². The van der Waals surface area contributed by atoms with Gasteiger partial charge in [-0.1, -0.05) is 36.4 Å². The maximum atomic E-state index is 12.7. The summed E-state index contributed by atoms with van der Waals surface area (Å²) in [6, 6.07) is 21.0. The van der Waals surface area contributed by atoms with Crippen LogP contribution >= 0.6 is 0 Å². The van der Waals surface area contributed by atoms with Crippen LogP contribution in [0.3, 0.4) is 0 Å². The Morgan fingerprint density at radius 2 is 1.94 bits per heavy atom. The van der Waals surface area contributed by atoms with E-state index in [2.05, 4.69) is 20.4 Å². The second-order valence-electron chi connectivity index (χ2n) is 7.84. The Morgan fingerprint density at radius 1 is 1.06 bits per heavy atom. The number of piperidine rings is 1. The molecule has 0 saturated carbocycles. The lowest BCUT2D eigenvalue weighted by molar-refractivity contribution is 0.0932. The first-order chi connectivity index (χ1) is 15.7. The van der Waals surface area contributed by atoms with Crippen LogP contribution in [0.5, 0.6) is 5.75 Å². The van der Waals surface area contributed by atoms with Crippen molar-refractivity contribution < 1.29 is 9.53 Å². The first-order valence-corrected chi connectivity index (χ1v) is 10.7. The summed E-state index contributed by atoms with van der Waals surface area (Å²) >= 11 is 0. The molecule has 8 heteroatoms. The molecule has 0 bridgehead atoms. The molecule has 1 aliphatic heterocycles. The molecule has 162 valence electrons. The van der Waals surface area contributed by atoms with Crippen LogP contribution in [0.4, 0.5) is 5.82 Å². The van der Waals surface area contributed by atoms with Crippen LogP contribution in [0.2, 0.25) is 0 Å². The van der Waals surface area contributed by atoms with Gasteiger partial charge in [0.2, 0.25) is 0 Å². The van der Waals surface area contributed by atoms with E-state index in [0.717, 1.165) is 30.8 Å². The van der Waals surface area contributed by atoms with E-state index < -0.39 is 0 Å². The van der Waals surface area contributed by atoms with Crippen LogP contribution in [-0.2, 0) is 0 Å². The predicted octanol–water partition coefficient (Wildman–Crippen LogP) is 3.20. The molecule has 2 aromatic carbocycles. The molecule has 1 unspecified atom stereocenters. The van der Waals surface area contributed by atoms with Crippen LogP contribution in [0.25, 0.3) is 17.0 Å². The standard InChI is InChI=1S/C24H24N6O2/c1-32-20-11-5-9-18(15-20)24(31)25-19-10-6-14-29(16-19)22-13-12-21-26-27-23(30(21)28-22)17-7-3-2-4-8-17/h2-5,7-9,11-13,15,19H,6,10,14,16H2,1H3,(H,25,31). The van der Waals surface area contributed by atoms with Crippen molar-refractivity contribution in [1.29, 1.82) is 0 Å². The zero-order valence-corrected chi connectivity index (χ0v) is 17.8. The fourth-order valence-electron chi connectivity index (χ4n) is 4.05. The van der Waals surface area contributed by atoms with E-state index in [9.17, 15) is 4.79 Å². The minimum atomic E-state index is -0.0932. The first kappa shape index (κ1) is 20.0. The van der Waals surface area contributed by atoms with Gasteiger partial charge in [-0.05, 0) is 43.2 Å². The summed E-state index contributed by atoms with van der Waals surface area (Å²) in [6.45, 7) is 1.57. The van der Waals surface area contributed by atoms with E-state index in [1.807, 2.05) is 54.6 Å². The zero-order valence-electron chi connectivity index (χ0n) is 17.8. The number of carbonyl (C=O) groups is 1. The van der Waals surface area contributed by atoms with Gasteiger partial charge >= 0.3 is 0 Å². The number of rotatable bonds is 5. The van der Waals surface area contributed by atoms with Crippen molar-refractivity contribution in [3.05, 3.63) is 72.3 Å². The molecule has 1 aliphatic rings. The number of aromatic nitrogens is 4. The third-order valence-corrected chi connectivity index (χ3v) is 5.69. The lowest BCUT2D eigenvalue weighted by atomic mass is 10.0. The Labute approximate surface area is 185 Å². The van der Waals surface area contributed by atoms with Crippen molar-refractivity contribution in [2.45, 2.75) is 18.9 Å². The van der Waals surface area contributed by atoms with Gasteiger partial charge in [-0.2, -0.15) is 4.52 Å². The van der Waals surface area contributed by atoms with Gasteiger partial charge in [0.05, 0.1) is 7.11 Å². The van der Waals surface area contributed by atoms with Gasteiger partial charge in [0, 0.05) is 30.3 Å². The number of nitrogens with zero attached hydrogens (tertiary/aromatic N) is 5. The predicted molar refractivity (Wildman–Crippen MR) is 122 cm³/mol. The molecule has 0 radical (unpaired) electrons. The Balaban J connectivity index is 1.34. The van der Waals surface area contributed by atoms with Gasteiger partial charge in [0.25, 0.3) is 5.91 Å². The molecule has 8 nitrogen and oxygen atoms in total. The second kappa shape index (κ2) is 8.66. The molecule has 1 N–H and O–H groups in total. The van der Waals surface area contributed by atoms with Gasteiger partial charge in [-0.15, -0.1) is 15.3 Å². The van der Waals surface area contributed by atoms with Crippen LogP contribution < -0.4 is 15.0 Å². The highest BCUT2D eigenvalue weighted by atomic mass is 16.5. The fourth-order valence-corrected chi connectivity index (χ4v) is 4.05. The number of ether oxygens (including phenoxy) is 1. The molecule has 2 aromatic heterocycles. The summed E-state index contributed by atoms with van der Waals surface area (Å²) in [5, 5.41) is 16.5. The molecule has 0 spiro atoms. The monoisotopic (exact) mass is 428 g/mol. The van der Waals surface area contributed by atoms with Crippen LogP contribution in [0.1, 0.15) is 23.2 Å². The number of amides is 1. The summed E-state index contributed by atoms with van der Waals surface area (Å²) < 4.78 is 7.01. The van der Waals surface area contributed by atoms with Crippen LogP contribution in [0.15, 0.2) is 66.7 Å². The van der Waals surface area contributed by atoms with Gasteiger partial charge in [-0.25, -0.2) is 0 Å². The van der Waals surface area contributed by atoms with Crippen molar-refractivity contribution in [1.82, 2.24) is 25.1 Å². The van der Waals surface area contributed by atoms with Crippen molar-refractivity contribution in [3.63, 3.8) is 0 Å². The van der Waals surface area contributed by atoms with E-state index in [1.165, 1.54) is 0 Å². The largest absolute Gasteiger partial charge is 0.497 e. The lowest BCUT2D eigenvalue weighted by Crippen LogP contribution is -2.48. The number of nitrogens with one attached hydrogen (secondary N) is 1. The topological polar surface area (TPSA) is 84.6 Å². The molecule has 5 rings (SSSR count). The van der Waals surface area contributed by atoms with E-state index in [0.29, 0.717) is 29.3 Å². The molecule has 4 aromatic rings. The summed E-state index contributed by atoms with van der Waals surface area (Å²) in [5.74, 6) is 2.13. The van der Waals surface area contributed by atoms with Gasteiger partial charge in [0.1, 0.15) is 11.6 Å². The number of hydrogen-bond donors (Lipinski definition) is 1. The number of carbonyl (C=O) groups excluding carboxylic acids is 1. The number of methoxy groups -OCH3 is 1. The number of benzene rings is 2. The third-order valence-electron chi connectivity index (χ3n) is 5.69. The Kier molecular flexibility index (Phi) is 5.41. The van der Waals surface area contributed by atoms with Gasteiger partial charge < -0.3 is 15.0 Å². The van der Waals surface area contributed by atoms with E-state index in [1.54, 1.807) is 23.8 Å². The van der Waals surface area contributed by atoms with E-state index in [-0.39, 0.29) is 11.9 Å². The minimum Gasteiger partial charge on any atom is -0.497 e. The van der Waals surface area contributed by atoms with Gasteiger partial charge in [0.15, 0.2) is 11.5 Å². The molecule has 1 saturated heterocycles. The number of anilines is 1. The Hall–Kier alpha value is -3.94. The van der Waals surface area contributed by atoms with Crippen molar-refractivity contribution in [2.24, 2.45) is 0 Å². The highest BCUT2D eigenvalue weighted by Crippen LogP contribution is 2.22. The molecular formula is C24H24N6O2. The number of hydrogen-bond acceptors (Lipinski definition) is 6. The van der Waals surface area contributed by atoms with Crippen molar-refractivity contribution >= 4 is 17.4 Å². The van der Waals surface area contributed by atoms with Crippen LogP contribution in [-0.4, -0.2) is 52.0 Å². The minimum absolute atomic E-state index is 0.0365. The molecule has 0 aliphatic carbocycles. The highest BCUT2D eigenvalue weighted by Gasteiger charge is 2.24. The van der Waals surface area contributed by atoms with Gasteiger partial charge in [-0.3, -0.25) is 4.79 Å². The summed E-state index contributed by atoms with van der Waals surface area (Å²) in [6.07, 6.45) is 1.90. The molecule has 1 amide bonds. The molecular weight excluding hydrogens is 404 g/mol. The summed E-state index contributed by atoms with van der Waals surface area (Å²) in [4.78, 5) is 14.9. The fraction of sp³-hybridized carbons (Fsp3) is 0.250. The highest BCUT2D eigenvalue weighted by molar-refractivity contribution is 5.94. The summed E-state index contributed by atoms with van der Waals surface area (Å²) in [5.41, 5.74) is 2.26. The molecule has 1 atom stereocenters. The second-order valence-corrected chi connectivity index (χ2v) is 7.84. The zero-order chi connectivity index (χ0) is 21.9. The molecule has 32 heavy (non-hydrogen) atoms. The van der Waals surface area contributed by atoms with E-state index in [4.69, 9.17) is 9.84 Å². The smallest absolute Gasteiger partial charge is 0.251 e. The quantitative estimate of drug-likeness (QED) is 0.526.